The molecule has 0 saturated heterocycles. The second-order valence-corrected chi connectivity index (χ2v) is 2.30. The van der Waals surface area contributed by atoms with Crippen molar-refractivity contribution in [3.63, 3.8) is 0 Å². The molecule has 1 aromatic rings. The van der Waals surface area contributed by atoms with Crippen LogP contribution in [0.25, 0.3) is 0 Å². The van der Waals surface area contributed by atoms with Crippen molar-refractivity contribution >= 4 is 5.69 Å². The average Bonchev–Trinajstić information content (AvgIpc) is 1.88. The van der Waals surface area contributed by atoms with E-state index in [1.165, 1.54) is 0 Å². The predicted molar refractivity (Wildman–Crippen MR) is 41.5 cm³/mol. The lowest BCUT2D eigenvalue weighted by Gasteiger charge is -2.06. The van der Waals surface area contributed by atoms with E-state index in [1.54, 1.807) is 13.0 Å². The van der Waals surface area contributed by atoms with E-state index in [4.69, 9.17) is 10.8 Å². The quantitative estimate of drug-likeness (QED) is 0.573. The van der Waals surface area contributed by atoms with Crippen LogP contribution in [0, 0.1) is 0 Å². The Kier molecular flexibility index (Phi) is 1.92. The number of nitrogen functional groups attached to an aromatic ring is 1. The topological polar surface area (TPSA) is 46.2 Å². The molecule has 0 heterocycles. The van der Waals surface area contributed by atoms with Gasteiger partial charge in [-0.05, 0) is 13.0 Å². The van der Waals surface area contributed by atoms with Gasteiger partial charge in [-0.1, -0.05) is 18.2 Å². The Morgan fingerprint density at radius 2 is 2.00 bits per heavy atom. The molecule has 3 N–H and O–H groups in total. The zero-order valence-electron chi connectivity index (χ0n) is 5.91. The highest BCUT2D eigenvalue weighted by atomic mass is 16.3. The van der Waals surface area contributed by atoms with Crippen molar-refractivity contribution in [1.29, 1.82) is 0 Å². The van der Waals surface area contributed by atoms with Gasteiger partial charge in [0, 0.05) is 11.3 Å². The molecule has 54 valence electrons. The Morgan fingerprint density at radius 1 is 1.40 bits per heavy atom. The summed E-state index contributed by atoms with van der Waals surface area (Å²) in [5.41, 5.74) is 7.01. The minimum Gasteiger partial charge on any atom is -0.398 e. The highest BCUT2D eigenvalue weighted by Gasteiger charge is 2.01. The second-order valence-electron chi connectivity index (χ2n) is 2.30. The van der Waals surface area contributed by atoms with Gasteiger partial charge >= 0.3 is 0 Å². The first-order valence-electron chi connectivity index (χ1n) is 3.24. The van der Waals surface area contributed by atoms with Gasteiger partial charge in [-0.15, -0.1) is 0 Å². The summed E-state index contributed by atoms with van der Waals surface area (Å²) in [6.45, 7) is 1.70. The molecule has 0 aliphatic rings. The Hall–Kier alpha value is -1.02. The maximum Gasteiger partial charge on any atom is 0.0781 e. The Morgan fingerprint density at radius 3 is 2.40 bits per heavy atom. The summed E-state index contributed by atoms with van der Waals surface area (Å²) in [5, 5.41) is 9.12. The monoisotopic (exact) mass is 137 g/mol. The maximum atomic E-state index is 9.12. The molecule has 0 aliphatic carbocycles. The van der Waals surface area contributed by atoms with Crippen molar-refractivity contribution in [3.05, 3.63) is 29.8 Å². The molecule has 0 radical (unpaired) electrons. The van der Waals surface area contributed by atoms with Crippen molar-refractivity contribution in [1.82, 2.24) is 0 Å². The van der Waals surface area contributed by atoms with E-state index in [0.29, 0.717) is 5.69 Å². The van der Waals surface area contributed by atoms with Crippen LogP contribution in [0.3, 0.4) is 0 Å². The fourth-order valence-electron chi connectivity index (χ4n) is 0.891. The number of aliphatic hydroxyl groups is 1. The molecule has 0 amide bonds. The largest absolute Gasteiger partial charge is 0.398 e. The molecule has 0 spiro atoms. The lowest BCUT2D eigenvalue weighted by Crippen LogP contribution is -1.96. The van der Waals surface area contributed by atoms with Crippen LogP contribution in [-0.4, -0.2) is 5.11 Å². The van der Waals surface area contributed by atoms with E-state index in [0.717, 1.165) is 5.56 Å². The molecule has 2 nitrogen and oxygen atoms in total. The highest BCUT2D eigenvalue weighted by Crippen LogP contribution is 2.18. The van der Waals surface area contributed by atoms with Gasteiger partial charge in [0.25, 0.3) is 0 Å². The summed E-state index contributed by atoms with van der Waals surface area (Å²) >= 11 is 0. The van der Waals surface area contributed by atoms with Crippen LogP contribution < -0.4 is 5.73 Å². The number of aliphatic hydroxyl groups excluding tert-OH is 1. The molecule has 0 aromatic heterocycles. The minimum absolute atomic E-state index is 0.471. The van der Waals surface area contributed by atoms with E-state index >= 15 is 0 Å². The number of para-hydroxylation sites is 1. The van der Waals surface area contributed by atoms with Crippen LogP contribution in [0.2, 0.25) is 0 Å². The van der Waals surface area contributed by atoms with Gasteiger partial charge < -0.3 is 10.8 Å². The predicted octanol–water partition coefficient (Wildman–Crippen LogP) is 1.32. The molecule has 1 rings (SSSR count). The Labute approximate surface area is 60.3 Å². The maximum absolute atomic E-state index is 9.12. The number of rotatable bonds is 1. The molecule has 0 aliphatic heterocycles. The molecule has 1 atom stereocenters. The summed E-state index contributed by atoms with van der Waals surface area (Å²) in [6.07, 6.45) is -0.471. The van der Waals surface area contributed by atoms with Crippen LogP contribution in [0.15, 0.2) is 24.3 Å². The molecule has 0 bridgehead atoms. The van der Waals surface area contributed by atoms with Gasteiger partial charge in [0.05, 0.1) is 6.10 Å². The molecule has 0 saturated carbocycles. The van der Waals surface area contributed by atoms with E-state index in [1.807, 2.05) is 18.2 Å². The average molecular weight is 137 g/mol. The summed E-state index contributed by atoms with van der Waals surface area (Å²) < 4.78 is 0. The van der Waals surface area contributed by atoms with E-state index in [-0.39, 0.29) is 0 Å². The van der Waals surface area contributed by atoms with Crippen LogP contribution >= 0.6 is 0 Å². The number of nitrogens with two attached hydrogens (primary N) is 1. The third kappa shape index (κ3) is 1.28. The van der Waals surface area contributed by atoms with Crippen molar-refractivity contribution < 1.29 is 5.11 Å². The molecular weight excluding hydrogens is 126 g/mol. The second kappa shape index (κ2) is 2.71. The number of hydrogen-bond donors (Lipinski definition) is 2. The normalized spacial score (nSPS) is 13.0. The summed E-state index contributed by atoms with van der Waals surface area (Å²) in [5.74, 6) is 0. The number of hydrogen-bond acceptors (Lipinski definition) is 2. The van der Waals surface area contributed by atoms with E-state index < -0.39 is 6.10 Å². The fourth-order valence-corrected chi connectivity index (χ4v) is 0.891. The number of benzene rings is 1. The lowest BCUT2D eigenvalue weighted by atomic mass is 10.1. The van der Waals surface area contributed by atoms with Gasteiger partial charge in [0.15, 0.2) is 0 Å². The summed E-state index contributed by atoms with van der Waals surface area (Å²) in [7, 11) is 0. The highest BCUT2D eigenvalue weighted by molar-refractivity contribution is 5.47. The van der Waals surface area contributed by atoms with Gasteiger partial charge in [-0.2, -0.15) is 0 Å². The van der Waals surface area contributed by atoms with Crippen molar-refractivity contribution in [2.45, 2.75) is 13.0 Å². The van der Waals surface area contributed by atoms with Gasteiger partial charge in [-0.3, -0.25) is 0 Å². The fraction of sp³-hybridized carbons (Fsp3) is 0.250. The molecule has 0 unspecified atom stereocenters. The first kappa shape index (κ1) is 7.09. The lowest BCUT2D eigenvalue weighted by molar-refractivity contribution is 0.200. The van der Waals surface area contributed by atoms with E-state index in [2.05, 4.69) is 0 Å². The summed E-state index contributed by atoms with van der Waals surface area (Å²) in [6, 6.07) is 7.31. The SMILES string of the molecule is C[C@@H](O)c1ccccc1N. The van der Waals surface area contributed by atoms with Gasteiger partial charge in [0.1, 0.15) is 0 Å². The minimum atomic E-state index is -0.471. The van der Waals surface area contributed by atoms with Crippen molar-refractivity contribution in [2.24, 2.45) is 0 Å². The van der Waals surface area contributed by atoms with Crippen LogP contribution in [-0.2, 0) is 0 Å². The smallest absolute Gasteiger partial charge is 0.0781 e. The first-order valence-corrected chi connectivity index (χ1v) is 3.24. The third-order valence-corrected chi connectivity index (χ3v) is 1.45. The Balaban J connectivity index is 3.03. The zero-order chi connectivity index (χ0) is 7.56. The zero-order valence-corrected chi connectivity index (χ0v) is 5.91. The van der Waals surface area contributed by atoms with Crippen LogP contribution in [0.4, 0.5) is 5.69 Å². The van der Waals surface area contributed by atoms with Crippen molar-refractivity contribution in [2.75, 3.05) is 5.73 Å². The van der Waals surface area contributed by atoms with Gasteiger partial charge in [0.2, 0.25) is 0 Å². The first-order chi connectivity index (χ1) is 4.72. The Bertz CT molecular complexity index is 220. The van der Waals surface area contributed by atoms with Crippen molar-refractivity contribution in [3.8, 4) is 0 Å². The molecular formula is C8H11NO. The molecule has 1 aromatic carbocycles. The van der Waals surface area contributed by atoms with Crippen LogP contribution in [0.5, 0.6) is 0 Å². The van der Waals surface area contributed by atoms with Gasteiger partial charge in [-0.25, -0.2) is 0 Å². The molecule has 0 fully saturated rings. The molecule has 10 heavy (non-hydrogen) atoms. The standard InChI is InChI=1S/C8H11NO/c1-6(10)7-4-2-3-5-8(7)9/h2-6,10H,9H2,1H3/t6-/m1/s1. The number of anilines is 1. The molecule has 2 heteroatoms. The van der Waals surface area contributed by atoms with Crippen LogP contribution in [0.1, 0.15) is 18.6 Å². The third-order valence-electron chi connectivity index (χ3n) is 1.45. The summed E-state index contributed by atoms with van der Waals surface area (Å²) in [4.78, 5) is 0. The van der Waals surface area contributed by atoms with E-state index in [9.17, 15) is 0 Å².